The minimum Gasteiger partial charge on any atom is -0.340 e. The van der Waals surface area contributed by atoms with E-state index < -0.39 is 0 Å². The van der Waals surface area contributed by atoms with Gasteiger partial charge in [0.2, 0.25) is 5.91 Å². The van der Waals surface area contributed by atoms with E-state index in [1.165, 1.54) is 0 Å². The van der Waals surface area contributed by atoms with Crippen LogP contribution >= 0.6 is 12.6 Å². The summed E-state index contributed by atoms with van der Waals surface area (Å²) >= 11 is 4.22. The second-order valence-electron chi connectivity index (χ2n) is 3.56. The standard InChI is InChI=1S/C9H17NOS/c1-3-7(2)10-5-8(6-12)4-9(10)11/h7-8,12H,3-6H2,1-2H3. The Morgan fingerprint density at radius 3 is 2.83 bits per heavy atom. The van der Waals surface area contributed by atoms with E-state index in [2.05, 4.69) is 26.5 Å². The van der Waals surface area contributed by atoms with Crippen LogP contribution in [0.1, 0.15) is 26.7 Å². The molecule has 2 atom stereocenters. The number of carbonyl (C=O) groups is 1. The Morgan fingerprint density at radius 2 is 2.42 bits per heavy atom. The highest BCUT2D eigenvalue weighted by Crippen LogP contribution is 2.21. The van der Waals surface area contributed by atoms with E-state index in [9.17, 15) is 4.79 Å². The molecular formula is C9H17NOS. The molecule has 2 nitrogen and oxygen atoms in total. The number of rotatable bonds is 3. The fraction of sp³-hybridized carbons (Fsp3) is 0.889. The molecule has 1 fully saturated rings. The van der Waals surface area contributed by atoms with E-state index in [1.807, 2.05) is 4.90 Å². The molecule has 0 spiro atoms. The van der Waals surface area contributed by atoms with Crippen molar-refractivity contribution in [2.24, 2.45) is 5.92 Å². The molecule has 1 rings (SSSR count). The lowest BCUT2D eigenvalue weighted by Crippen LogP contribution is -2.33. The molecule has 0 bridgehead atoms. The van der Waals surface area contributed by atoms with Crippen LogP contribution in [0, 0.1) is 5.92 Å². The average molecular weight is 187 g/mol. The van der Waals surface area contributed by atoms with E-state index >= 15 is 0 Å². The number of amides is 1. The summed E-state index contributed by atoms with van der Waals surface area (Å²) in [5.41, 5.74) is 0. The molecule has 70 valence electrons. The van der Waals surface area contributed by atoms with Crippen molar-refractivity contribution >= 4 is 18.5 Å². The third-order valence-corrected chi connectivity index (χ3v) is 3.14. The summed E-state index contributed by atoms with van der Waals surface area (Å²) in [5, 5.41) is 0. The van der Waals surface area contributed by atoms with Gasteiger partial charge in [-0.3, -0.25) is 4.79 Å². The molecule has 0 saturated carbocycles. The highest BCUT2D eigenvalue weighted by molar-refractivity contribution is 7.80. The lowest BCUT2D eigenvalue weighted by Gasteiger charge is -2.23. The van der Waals surface area contributed by atoms with Gasteiger partial charge >= 0.3 is 0 Å². The van der Waals surface area contributed by atoms with Gasteiger partial charge < -0.3 is 4.90 Å². The van der Waals surface area contributed by atoms with Crippen molar-refractivity contribution in [2.45, 2.75) is 32.7 Å². The first-order valence-electron chi connectivity index (χ1n) is 4.59. The van der Waals surface area contributed by atoms with E-state index in [0.29, 0.717) is 24.3 Å². The molecular weight excluding hydrogens is 170 g/mol. The van der Waals surface area contributed by atoms with E-state index in [0.717, 1.165) is 18.7 Å². The van der Waals surface area contributed by atoms with Gasteiger partial charge in [-0.1, -0.05) is 6.92 Å². The summed E-state index contributed by atoms with van der Waals surface area (Å²) < 4.78 is 0. The lowest BCUT2D eigenvalue weighted by atomic mass is 10.1. The third-order valence-electron chi connectivity index (χ3n) is 2.62. The van der Waals surface area contributed by atoms with Crippen LogP contribution in [-0.4, -0.2) is 29.1 Å². The fourth-order valence-electron chi connectivity index (χ4n) is 1.58. The predicted octanol–water partition coefficient (Wildman–Crippen LogP) is 1.56. The van der Waals surface area contributed by atoms with E-state index in [-0.39, 0.29) is 0 Å². The number of thiol groups is 1. The molecule has 3 heteroatoms. The summed E-state index contributed by atoms with van der Waals surface area (Å²) in [6.07, 6.45) is 1.75. The van der Waals surface area contributed by atoms with Crippen molar-refractivity contribution in [1.29, 1.82) is 0 Å². The van der Waals surface area contributed by atoms with Crippen LogP contribution in [0.3, 0.4) is 0 Å². The minimum absolute atomic E-state index is 0.309. The molecule has 12 heavy (non-hydrogen) atoms. The summed E-state index contributed by atoms with van der Waals surface area (Å²) in [4.78, 5) is 13.4. The maximum Gasteiger partial charge on any atom is 0.223 e. The molecule has 1 aliphatic rings. The van der Waals surface area contributed by atoms with Gasteiger partial charge in [0, 0.05) is 19.0 Å². The smallest absolute Gasteiger partial charge is 0.223 e. The van der Waals surface area contributed by atoms with Crippen LogP contribution in [0.5, 0.6) is 0 Å². The number of hydrogen-bond donors (Lipinski definition) is 1. The zero-order chi connectivity index (χ0) is 9.14. The van der Waals surface area contributed by atoms with Crippen LogP contribution < -0.4 is 0 Å². The number of nitrogens with zero attached hydrogens (tertiary/aromatic N) is 1. The van der Waals surface area contributed by atoms with Crippen molar-refractivity contribution in [3.63, 3.8) is 0 Å². The molecule has 1 amide bonds. The average Bonchev–Trinajstić information content (AvgIpc) is 2.45. The topological polar surface area (TPSA) is 20.3 Å². The second-order valence-corrected chi connectivity index (χ2v) is 3.92. The Labute approximate surface area is 79.7 Å². The Balaban J connectivity index is 2.51. The van der Waals surface area contributed by atoms with Gasteiger partial charge in [-0.15, -0.1) is 0 Å². The Hall–Kier alpha value is -0.180. The first-order valence-corrected chi connectivity index (χ1v) is 5.22. The highest BCUT2D eigenvalue weighted by atomic mass is 32.1. The summed E-state index contributed by atoms with van der Waals surface area (Å²) in [6.45, 7) is 5.14. The summed E-state index contributed by atoms with van der Waals surface area (Å²) in [7, 11) is 0. The third kappa shape index (κ3) is 1.94. The molecule has 0 N–H and O–H groups in total. The monoisotopic (exact) mass is 187 g/mol. The van der Waals surface area contributed by atoms with E-state index in [1.54, 1.807) is 0 Å². The van der Waals surface area contributed by atoms with Crippen LogP contribution in [0.15, 0.2) is 0 Å². The molecule has 1 aliphatic heterocycles. The second kappa shape index (κ2) is 4.17. The molecule has 0 aromatic rings. The van der Waals surface area contributed by atoms with Gasteiger partial charge in [0.05, 0.1) is 0 Å². The predicted molar refractivity (Wildman–Crippen MR) is 53.4 cm³/mol. The Kier molecular flexibility index (Phi) is 3.44. The minimum atomic E-state index is 0.309. The van der Waals surface area contributed by atoms with E-state index in [4.69, 9.17) is 0 Å². The van der Waals surface area contributed by atoms with Crippen molar-refractivity contribution < 1.29 is 4.79 Å². The zero-order valence-electron chi connectivity index (χ0n) is 7.79. The molecule has 0 radical (unpaired) electrons. The van der Waals surface area contributed by atoms with Crippen molar-refractivity contribution in [3.05, 3.63) is 0 Å². The van der Waals surface area contributed by atoms with Crippen LogP contribution in [0.4, 0.5) is 0 Å². The maximum absolute atomic E-state index is 11.4. The summed E-state index contributed by atoms with van der Waals surface area (Å²) in [6, 6.07) is 0.405. The van der Waals surface area contributed by atoms with Crippen molar-refractivity contribution in [1.82, 2.24) is 4.90 Å². The van der Waals surface area contributed by atoms with Crippen molar-refractivity contribution in [3.8, 4) is 0 Å². The van der Waals surface area contributed by atoms with Crippen LogP contribution in [0.2, 0.25) is 0 Å². The molecule has 0 aromatic carbocycles. The summed E-state index contributed by atoms with van der Waals surface area (Å²) in [5.74, 6) is 1.62. The van der Waals surface area contributed by atoms with Gasteiger partial charge in [0.1, 0.15) is 0 Å². The quantitative estimate of drug-likeness (QED) is 0.665. The number of hydrogen-bond acceptors (Lipinski definition) is 2. The molecule has 1 saturated heterocycles. The van der Waals surface area contributed by atoms with Gasteiger partial charge in [-0.2, -0.15) is 12.6 Å². The zero-order valence-corrected chi connectivity index (χ0v) is 8.68. The van der Waals surface area contributed by atoms with Gasteiger partial charge in [0.15, 0.2) is 0 Å². The molecule has 0 aliphatic carbocycles. The molecule has 0 aromatic heterocycles. The lowest BCUT2D eigenvalue weighted by molar-refractivity contribution is -0.129. The van der Waals surface area contributed by atoms with Gasteiger partial charge in [-0.25, -0.2) is 0 Å². The number of likely N-dealkylation sites (tertiary alicyclic amines) is 1. The highest BCUT2D eigenvalue weighted by Gasteiger charge is 2.30. The van der Waals surface area contributed by atoms with Crippen molar-refractivity contribution in [2.75, 3.05) is 12.3 Å². The molecule has 1 heterocycles. The largest absolute Gasteiger partial charge is 0.340 e. The fourth-order valence-corrected chi connectivity index (χ4v) is 1.82. The SMILES string of the molecule is CCC(C)N1CC(CS)CC1=O. The number of carbonyl (C=O) groups excluding carboxylic acids is 1. The first-order chi connectivity index (χ1) is 5.69. The Bertz CT molecular complexity index is 172. The van der Waals surface area contributed by atoms with Crippen LogP contribution in [-0.2, 0) is 4.79 Å². The van der Waals surface area contributed by atoms with Gasteiger partial charge in [-0.05, 0) is 25.0 Å². The Morgan fingerprint density at radius 1 is 1.75 bits per heavy atom. The maximum atomic E-state index is 11.4. The molecule has 2 unspecified atom stereocenters. The van der Waals surface area contributed by atoms with Gasteiger partial charge in [0.25, 0.3) is 0 Å². The first kappa shape index (κ1) is 9.90. The normalized spacial score (nSPS) is 26.4. The van der Waals surface area contributed by atoms with Crippen LogP contribution in [0.25, 0.3) is 0 Å².